The van der Waals surface area contributed by atoms with E-state index >= 15 is 0 Å². The molecule has 4 fully saturated rings. The van der Waals surface area contributed by atoms with Crippen molar-refractivity contribution in [3.8, 4) is 0 Å². The molecule has 2 heterocycles. The maximum atomic E-state index is 13.7. The van der Waals surface area contributed by atoms with Gasteiger partial charge in [0.05, 0.1) is 12.4 Å². The fourth-order valence-electron chi connectivity index (χ4n) is 6.64. The summed E-state index contributed by atoms with van der Waals surface area (Å²) < 4.78 is 4.15. The first-order valence-electron chi connectivity index (χ1n) is 9.97. The molecule has 6 rings (SSSR count). The minimum absolute atomic E-state index is 0.226. The van der Waals surface area contributed by atoms with Crippen molar-refractivity contribution in [1.82, 2.24) is 18.7 Å². The average molecular weight is 370 g/mol. The van der Waals surface area contributed by atoms with E-state index < -0.39 is 17.3 Å². The topological polar surface area (TPSA) is 78.9 Å². The Balaban J connectivity index is 1.59. The first kappa shape index (κ1) is 17.0. The molecule has 4 saturated carbocycles. The molecule has 7 heteroatoms. The molecule has 0 N–H and O–H groups in total. The molecule has 4 aliphatic carbocycles. The SMILES string of the molecule is C[C@H](C(=O)C12CC3CC(CC(C3)C1)C2)n1cnc2c1c(=O)n(C)c(=O)n2C. The number of nitrogens with zero attached hydrogens (tertiary/aromatic N) is 4. The predicted molar refractivity (Wildman–Crippen MR) is 101 cm³/mol. The van der Waals surface area contributed by atoms with Gasteiger partial charge in [0.2, 0.25) is 0 Å². The monoisotopic (exact) mass is 370 g/mol. The first-order chi connectivity index (χ1) is 12.8. The van der Waals surface area contributed by atoms with E-state index in [1.165, 1.54) is 30.9 Å². The van der Waals surface area contributed by atoms with Crippen LogP contribution in [0, 0.1) is 23.2 Å². The van der Waals surface area contributed by atoms with Gasteiger partial charge in [0.1, 0.15) is 0 Å². The third kappa shape index (κ3) is 2.20. The van der Waals surface area contributed by atoms with Crippen molar-refractivity contribution in [2.24, 2.45) is 37.3 Å². The van der Waals surface area contributed by atoms with Gasteiger partial charge >= 0.3 is 5.69 Å². The minimum atomic E-state index is -0.448. The standard InChI is InChI=1S/C20H26N4O3/c1-11(16(25)20-7-12-4-13(8-20)6-14(5-12)9-20)24-10-21-17-15(24)18(26)23(3)19(27)22(17)2/h10-14H,4-9H2,1-3H3/t11-,12?,13?,14?,20?/m1/s1. The summed E-state index contributed by atoms with van der Waals surface area (Å²) in [6, 6.07) is -0.448. The number of rotatable bonds is 3. The third-order valence-electron chi connectivity index (χ3n) is 7.53. The Hall–Kier alpha value is -2.18. The molecule has 4 aliphatic rings. The molecule has 2 aromatic rings. The van der Waals surface area contributed by atoms with Crippen LogP contribution in [0.1, 0.15) is 51.5 Å². The number of hydrogen-bond acceptors (Lipinski definition) is 4. The van der Waals surface area contributed by atoms with Crippen LogP contribution in [0.25, 0.3) is 11.2 Å². The van der Waals surface area contributed by atoms with Crippen LogP contribution in [0.3, 0.4) is 0 Å². The second-order valence-corrected chi connectivity index (χ2v) is 9.27. The lowest BCUT2D eigenvalue weighted by Gasteiger charge is -2.56. The predicted octanol–water partition coefficient (Wildman–Crippen LogP) is 1.78. The summed E-state index contributed by atoms with van der Waals surface area (Å²) in [6.45, 7) is 1.88. The molecule has 2 aromatic heterocycles. The number of carbonyl (C=O) groups is 1. The average Bonchev–Trinajstić information content (AvgIpc) is 3.07. The van der Waals surface area contributed by atoms with Crippen LogP contribution in [0.2, 0.25) is 0 Å². The number of ketones is 1. The molecule has 7 nitrogen and oxygen atoms in total. The summed E-state index contributed by atoms with van der Waals surface area (Å²) in [6.07, 6.45) is 8.43. The zero-order chi connectivity index (χ0) is 19.1. The van der Waals surface area contributed by atoms with Crippen LogP contribution in [-0.4, -0.2) is 24.5 Å². The van der Waals surface area contributed by atoms with Gasteiger partial charge in [-0.15, -0.1) is 0 Å². The number of aryl methyl sites for hydroxylation is 1. The molecule has 0 amide bonds. The molecule has 1 atom stereocenters. The minimum Gasteiger partial charge on any atom is -0.314 e. The number of fused-ring (bicyclic) bond motifs is 1. The van der Waals surface area contributed by atoms with Crippen molar-refractivity contribution in [3.63, 3.8) is 0 Å². The number of Topliss-reactive ketones (excluding diaryl/α,β-unsaturated/α-hetero) is 1. The summed E-state index contributed by atoms with van der Waals surface area (Å²) in [5.74, 6) is 2.33. The molecule has 0 unspecified atom stereocenters. The number of hydrogen-bond donors (Lipinski definition) is 0. The fourth-order valence-corrected chi connectivity index (χ4v) is 6.64. The number of imidazole rings is 1. The number of aromatic nitrogens is 4. The zero-order valence-corrected chi connectivity index (χ0v) is 16.1. The van der Waals surface area contributed by atoms with E-state index in [4.69, 9.17) is 0 Å². The molecule has 0 spiro atoms. The Morgan fingerprint density at radius 1 is 1.07 bits per heavy atom. The summed E-state index contributed by atoms with van der Waals surface area (Å²) in [5, 5.41) is 0. The molecule has 0 aromatic carbocycles. The Bertz CT molecular complexity index is 1040. The summed E-state index contributed by atoms with van der Waals surface area (Å²) in [4.78, 5) is 42.8. The van der Waals surface area contributed by atoms with Crippen LogP contribution in [0.5, 0.6) is 0 Å². The molecule has 27 heavy (non-hydrogen) atoms. The van der Waals surface area contributed by atoms with Crippen molar-refractivity contribution in [2.45, 2.75) is 51.5 Å². The van der Waals surface area contributed by atoms with Gasteiger partial charge < -0.3 is 4.57 Å². The molecular formula is C20H26N4O3. The lowest BCUT2D eigenvalue weighted by Crippen LogP contribution is -2.51. The Morgan fingerprint density at radius 2 is 1.63 bits per heavy atom. The van der Waals surface area contributed by atoms with Gasteiger partial charge in [0, 0.05) is 19.5 Å². The number of carbonyl (C=O) groups excluding carboxylic acids is 1. The van der Waals surface area contributed by atoms with E-state index in [1.54, 1.807) is 17.9 Å². The maximum Gasteiger partial charge on any atom is 0.332 e. The van der Waals surface area contributed by atoms with Crippen molar-refractivity contribution >= 4 is 16.9 Å². The van der Waals surface area contributed by atoms with Crippen LogP contribution in [0.15, 0.2) is 15.9 Å². The smallest absolute Gasteiger partial charge is 0.314 e. The van der Waals surface area contributed by atoms with Crippen LogP contribution in [-0.2, 0) is 18.9 Å². The summed E-state index contributed by atoms with van der Waals surface area (Å²) in [7, 11) is 3.07. The highest BCUT2D eigenvalue weighted by Gasteiger charge is 2.55. The van der Waals surface area contributed by atoms with Gasteiger partial charge in [0.25, 0.3) is 5.56 Å². The molecule has 144 valence electrons. The molecular weight excluding hydrogens is 344 g/mol. The molecule has 0 saturated heterocycles. The van der Waals surface area contributed by atoms with Crippen molar-refractivity contribution in [3.05, 3.63) is 27.2 Å². The van der Waals surface area contributed by atoms with Gasteiger partial charge in [-0.25, -0.2) is 9.78 Å². The van der Waals surface area contributed by atoms with Gasteiger partial charge in [-0.05, 0) is 63.2 Å². The van der Waals surface area contributed by atoms with Crippen LogP contribution < -0.4 is 11.2 Å². The van der Waals surface area contributed by atoms with E-state index in [2.05, 4.69) is 4.98 Å². The second-order valence-electron chi connectivity index (χ2n) is 9.27. The fraction of sp³-hybridized carbons (Fsp3) is 0.700. The Kier molecular flexibility index (Phi) is 3.41. The molecule has 4 bridgehead atoms. The van der Waals surface area contributed by atoms with E-state index in [0.717, 1.165) is 23.8 Å². The highest BCUT2D eigenvalue weighted by atomic mass is 16.2. The lowest BCUT2D eigenvalue weighted by atomic mass is 9.48. The van der Waals surface area contributed by atoms with Crippen LogP contribution >= 0.6 is 0 Å². The van der Waals surface area contributed by atoms with E-state index in [1.807, 2.05) is 6.92 Å². The van der Waals surface area contributed by atoms with Gasteiger partial charge in [-0.3, -0.25) is 18.7 Å². The van der Waals surface area contributed by atoms with Gasteiger partial charge in [-0.1, -0.05) is 0 Å². The quantitative estimate of drug-likeness (QED) is 0.825. The Labute approximate surface area is 157 Å². The van der Waals surface area contributed by atoms with Crippen LogP contribution in [0.4, 0.5) is 0 Å². The van der Waals surface area contributed by atoms with Crippen molar-refractivity contribution in [1.29, 1.82) is 0 Å². The van der Waals surface area contributed by atoms with Crippen molar-refractivity contribution < 1.29 is 4.79 Å². The second kappa shape index (κ2) is 5.42. The van der Waals surface area contributed by atoms with E-state index in [0.29, 0.717) is 28.9 Å². The van der Waals surface area contributed by atoms with Gasteiger partial charge in [0.15, 0.2) is 16.9 Å². The maximum absolute atomic E-state index is 13.7. The summed E-state index contributed by atoms with van der Waals surface area (Å²) in [5.41, 5.74) is -0.344. The summed E-state index contributed by atoms with van der Waals surface area (Å²) >= 11 is 0. The highest BCUT2D eigenvalue weighted by molar-refractivity contribution is 5.90. The Morgan fingerprint density at radius 3 is 2.19 bits per heavy atom. The molecule has 0 aliphatic heterocycles. The zero-order valence-electron chi connectivity index (χ0n) is 16.1. The van der Waals surface area contributed by atoms with E-state index in [-0.39, 0.29) is 11.2 Å². The van der Waals surface area contributed by atoms with E-state index in [9.17, 15) is 14.4 Å². The molecule has 0 radical (unpaired) electrons. The van der Waals surface area contributed by atoms with Crippen molar-refractivity contribution in [2.75, 3.05) is 0 Å². The largest absolute Gasteiger partial charge is 0.332 e. The first-order valence-corrected chi connectivity index (χ1v) is 9.97. The normalized spacial score (nSPS) is 32.9. The highest BCUT2D eigenvalue weighted by Crippen LogP contribution is 2.61. The van der Waals surface area contributed by atoms with Gasteiger partial charge in [-0.2, -0.15) is 0 Å². The lowest BCUT2D eigenvalue weighted by molar-refractivity contribution is -0.146. The third-order valence-corrected chi connectivity index (χ3v) is 7.53.